The number of methoxy groups -OCH3 is 1. The first-order valence-corrected chi connectivity index (χ1v) is 4.07. The molecule has 0 aliphatic rings. The van der Waals surface area contributed by atoms with E-state index < -0.39 is 0 Å². The van der Waals surface area contributed by atoms with Gasteiger partial charge in [0, 0.05) is 4.47 Å². The molecule has 2 heteroatoms. The average Bonchev–Trinajstić information content (AvgIpc) is 2.04. The summed E-state index contributed by atoms with van der Waals surface area (Å²) in [6.45, 7) is 0. The standard InChI is InChI=1S/C9H9BrO/c1-11-7-6-8-2-4-9(10)5-3-8/h2-7H,1H3/b7-6-. The van der Waals surface area contributed by atoms with Crippen LogP contribution in [0.5, 0.6) is 0 Å². The summed E-state index contributed by atoms with van der Waals surface area (Å²) in [6, 6.07) is 8.02. The predicted octanol–water partition coefficient (Wildman–Crippen LogP) is 3.07. The molecule has 0 atom stereocenters. The van der Waals surface area contributed by atoms with Gasteiger partial charge in [-0.1, -0.05) is 28.1 Å². The largest absolute Gasteiger partial charge is 0.504 e. The molecule has 0 heterocycles. The van der Waals surface area contributed by atoms with Crippen LogP contribution in [0.4, 0.5) is 0 Å². The molecule has 1 aromatic rings. The Kier molecular flexibility index (Phi) is 3.17. The maximum absolute atomic E-state index is 4.78. The van der Waals surface area contributed by atoms with Crippen LogP contribution in [0, 0.1) is 0 Å². The minimum absolute atomic E-state index is 1.09. The van der Waals surface area contributed by atoms with E-state index in [-0.39, 0.29) is 0 Å². The zero-order valence-electron chi connectivity index (χ0n) is 6.25. The molecule has 0 radical (unpaired) electrons. The van der Waals surface area contributed by atoms with Crippen LogP contribution in [0.15, 0.2) is 35.0 Å². The van der Waals surface area contributed by atoms with Gasteiger partial charge in [-0.15, -0.1) is 0 Å². The molecule has 58 valence electrons. The van der Waals surface area contributed by atoms with Crippen molar-refractivity contribution < 1.29 is 4.74 Å². The van der Waals surface area contributed by atoms with Crippen molar-refractivity contribution in [1.29, 1.82) is 0 Å². The first-order chi connectivity index (χ1) is 5.33. The molecule has 0 aliphatic carbocycles. The molecule has 0 aromatic heterocycles. The highest BCUT2D eigenvalue weighted by Gasteiger charge is 1.85. The predicted molar refractivity (Wildman–Crippen MR) is 50.2 cm³/mol. The fourth-order valence-corrected chi connectivity index (χ4v) is 0.985. The minimum Gasteiger partial charge on any atom is -0.504 e. The lowest BCUT2D eigenvalue weighted by molar-refractivity contribution is 0.341. The maximum Gasteiger partial charge on any atom is 0.0830 e. The van der Waals surface area contributed by atoms with Gasteiger partial charge in [0.05, 0.1) is 13.4 Å². The monoisotopic (exact) mass is 212 g/mol. The topological polar surface area (TPSA) is 9.23 Å². The number of hydrogen-bond acceptors (Lipinski definition) is 1. The number of rotatable bonds is 2. The summed E-state index contributed by atoms with van der Waals surface area (Å²) in [5.74, 6) is 0. The average molecular weight is 213 g/mol. The maximum atomic E-state index is 4.78. The van der Waals surface area contributed by atoms with Gasteiger partial charge in [-0.3, -0.25) is 0 Å². The molecular weight excluding hydrogens is 204 g/mol. The molecule has 0 aliphatic heterocycles. The summed E-state index contributed by atoms with van der Waals surface area (Å²) in [5, 5.41) is 0. The van der Waals surface area contributed by atoms with Gasteiger partial charge in [-0.2, -0.15) is 0 Å². The van der Waals surface area contributed by atoms with Crippen molar-refractivity contribution in [2.75, 3.05) is 7.11 Å². The Morgan fingerprint density at radius 2 is 1.91 bits per heavy atom. The molecule has 0 fully saturated rings. The van der Waals surface area contributed by atoms with E-state index in [1.807, 2.05) is 30.3 Å². The zero-order valence-corrected chi connectivity index (χ0v) is 7.84. The SMILES string of the molecule is CO/C=C\c1ccc(Br)cc1. The van der Waals surface area contributed by atoms with E-state index >= 15 is 0 Å². The van der Waals surface area contributed by atoms with Crippen LogP contribution in [0.25, 0.3) is 6.08 Å². The fraction of sp³-hybridized carbons (Fsp3) is 0.111. The van der Waals surface area contributed by atoms with E-state index in [4.69, 9.17) is 4.74 Å². The van der Waals surface area contributed by atoms with Crippen LogP contribution < -0.4 is 0 Å². The molecule has 0 unspecified atom stereocenters. The summed E-state index contributed by atoms with van der Waals surface area (Å²) in [4.78, 5) is 0. The smallest absolute Gasteiger partial charge is 0.0830 e. The van der Waals surface area contributed by atoms with Crippen molar-refractivity contribution in [2.45, 2.75) is 0 Å². The van der Waals surface area contributed by atoms with Crippen molar-refractivity contribution in [3.8, 4) is 0 Å². The van der Waals surface area contributed by atoms with Gasteiger partial charge in [0.25, 0.3) is 0 Å². The lowest BCUT2D eigenvalue weighted by Gasteiger charge is -1.92. The summed E-state index contributed by atoms with van der Waals surface area (Å²) < 4.78 is 5.87. The molecule has 0 spiro atoms. The molecule has 11 heavy (non-hydrogen) atoms. The molecule has 0 N–H and O–H groups in total. The van der Waals surface area contributed by atoms with Crippen molar-refractivity contribution in [3.63, 3.8) is 0 Å². The number of ether oxygens (including phenoxy) is 1. The third kappa shape index (κ3) is 2.76. The van der Waals surface area contributed by atoms with Gasteiger partial charge in [0.2, 0.25) is 0 Å². The first kappa shape index (κ1) is 8.34. The normalized spacial score (nSPS) is 10.4. The Labute approximate surface area is 74.8 Å². The zero-order chi connectivity index (χ0) is 8.10. The second-order valence-corrected chi connectivity index (χ2v) is 3.01. The Morgan fingerprint density at radius 1 is 1.27 bits per heavy atom. The van der Waals surface area contributed by atoms with Crippen LogP contribution >= 0.6 is 15.9 Å². The van der Waals surface area contributed by atoms with E-state index in [1.54, 1.807) is 13.4 Å². The third-order valence-corrected chi connectivity index (χ3v) is 1.80. The van der Waals surface area contributed by atoms with Gasteiger partial charge in [-0.25, -0.2) is 0 Å². The van der Waals surface area contributed by atoms with Crippen LogP contribution in [0.3, 0.4) is 0 Å². The highest BCUT2D eigenvalue weighted by atomic mass is 79.9. The summed E-state index contributed by atoms with van der Waals surface area (Å²) in [7, 11) is 1.63. The fourth-order valence-electron chi connectivity index (χ4n) is 0.721. The molecule has 0 saturated carbocycles. The molecule has 0 bridgehead atoms. The Bertz CT molecular complexity index is 238. The van der Waals surface area contributed by atoms with E-state index in [0.29, 0.717) is 0 Å². The summed E-state index contributed by atoms with van der Waals surface area (Å²) >= 11 is 3.36. The lowest BCUT2D eigenvalue weighted by Crippen LogP contribution is -1.71. The Morgan fingerprint density at radius 3 is 2.45 bits per heavy atom. The van der Waals surface area contributed by atoms with E-state index in [0.717, 1.165) is 10.0 Å². The minimum atomic E-state index is 1.09. The number of halogens is 1. The van der Waals surface area contributed by atoms with E-state index in [9.17, 15) is 0 Å². The molecule has 1 nitrogen and oxygen atoms in total. The molecule has 0 amide bonds. The third-order valence-electron chi connectivity index (χ3n) is 1.27. The number of hydrogen-bond donors (Lipinski definition) is 0. The highest BCUT2D eigenvalue weighted by Crippen LogP contribution is 2.11. The summed E-state index contributed by atoms with van der Waals surface area (Å²) in [5.41, 5.74) is 1.13. The van der Waals surface area contributed by atoms with Gasteiger partial charge in [0.15, 0.2) is 0 Å². The van der Waals surface area contributed by atoms with Gasteiger partial charge in [0.1, 0.15) is 0 Å². The van der Waals surface area contributed by atoms with Gasteiger partial charge < -0.3 is 4.74 Å². The number of benzene rings is 1. The lowest BCUT2D eigenvalue weighted by atomic mass is 10.2. The molecule has 0 saturated heterocycles. The van der Waals surface area contributed by atoms with Crippen molar-refractivity contribution >= 4 is 22.0 Å². The van der Waals surface area contributed by atoms with Crippen molar-refractivity contribution in [3.05, 3.63) is 40.6 Å². The molecular formula is C9H9BrO. The van der Waals surface area contributed by atoms with E-state index in [1.165, 1.54) is 0 Å². The van der Waals surface area contributed by atoms with Crippen LogP contribution in [-0.4, -0.2) is 7.11 Å². The van der Waals surface area contributed by atoms with Crippen LogP contribution in [-0.2, 0) is 4.74 Å². The Hall–Kier alpha value is -0.760. The van der Waals surface area contributed by atoms with Crippen molar-refractivity contribution in [1.82, 2.24) is 0 Å². The molecule has 1 rings (SSSR count). The second-order valence-electron chi connectivity index (χ2n) is 2.09. The van der Waals surface area contributed by atoms with Crippen LogP contribution in [0.2, 0.25) is 0 Å². The highest BCUT2D eigenvalue weighted by molar-refractivity contribution is 9.10. The van der Waals surface area contributed by atoms with E-state index in [2.05, 4.69) is 15.9 Å². The summed E-state index contributed by atoms with van der Waals surface area (Å²) in [6.07, 6.45) is 3.57. The van der Waals surface area contributed by atoms with Gasteiger partial charge >= 0.3 is 0 Å². The Balaban J connectivity index is 2.73. The molecule has 1 aromatic carbocycles. The quantitative estimate of drug-likeness (QED) is 0.686. The van der Waals surface area contributed by atoms with Crippen molar-refractivity contribution in [2.24, 2.45) is 0 Å². The van der Waals surface area contributed by atoms with Crippen LogP contribution in [0.1, 0.15) is 5.56 Å². The second kappa shape index (κ2) is 4.19. The first-order valence-electron chi connectivity index (χ1n) is 3.28. The van der Waals surface area contributed by atoms with Gasteiger partial charge in [-0.05, 0) is 23.8 Å².